The van der Waals surface area contributed by atoms with Gasteiger partial charge in [-0.25, -0.2) is 0 Å². The van der Waals surface area contributed by atoms with Crippen LogP contribution in [0, 0.1) is 6.92 Å². The van der Waals surface area contributed by atoms with Gasteiger partial charge in [-0.1, -0.05) is 0 Å². The standard InChI is InChI=1S/C27H27ClO4S2Se/c1-3-4-15-25(33(29,30)23-18-16-21(2)17-19-23)26(35-24-13-9-6-10-14-24)20-27(28)34(31,32)22-11-7-5-8-12-22/h5-14,16-20H,3-4,15H2,1-2H3/b26-25+,27-20+. The van der Waals surface area contributed by atoms with E-state index in [9.17, 15) is 16.8 Å². The van der Waals surface area contributed by atoms with Crippen molar-refractivity contribution in [1.29, 1.82) is 0 Å². The summed E-state index contributed by atoms with van der Waals surface area (Å²) in [6.45, 7) is 3.88. The molecule has 35 heavy (non-hydrogen) atoms. The van der Waals surface area contributed by atoms with Crippen molar-refractivity contribution >= 4 is 50.7 Å². The van der Waals surface area contributed by atoms with Gasteiger partial charge >= 0.3 is 221 Å². The van der Waals surface area contributed by atoms with E-state index in [1.807, 2.05) is 44.2 Å². The van der Waals surface area contributed by atoms with E-state index in [1.165, 1.54) is 18.2 Å². The molecule has 0 aliphatic carbocycles. The van der Waals surface area contributed by atoms with Crippen molar-refractivity contribution in [1.82, 2.24) is 0 Å². The number of hydrogen-bond donors (Lipinski definition) is 0. The summed E-state index contributed by atoms with van der Waals surface area (Å²) in [6, 6.07) is 24.1. The second-order valence-electron chi connectivity index (χ2n) is 7.89. The van der Waals surface area contributed by atoms with E-state index in [4.69, 9.17) is 11.6 Å². The third kappa shape index (κ3) is 6.96. The van der Waals surface area contributed by atoms with Gasteiger partial charge in [0.1, 0.15) is 0 Å². The van der Waals surface area contributed by atoms with Gasteiger partial charge in [0.25, 0.3) is 0 Å². The molecule has 4 nitrogen and oxygen atoms in total. The molecule has 0 unspecified atom stereocenters. The number of rotatable bonds is 10. The molecule has 8 heteroatoms. The third-order valence-electron chi connectivity index (χ3n) is 5.21. The van der Waals surface area contributed by atoms with Crippen molar-refractivity contribution in [3.05, 3.63) is 110 Å². The fraction of sp³-hybridized carbons (Fsp3) is 0.185. The van der Waals surface area contributed by atoms with Crippen LogP contribution >= 0.6 is 11.6 Å². The van der Waals surface area contributed by atoms with Crippen LogP contribution in [0.15, 0.2) is 115 Å². The maximum absolute atomic E-state index is 13.8. The first kappa shape index (κ1) is 27.4. The molecule has 0 aliphatic rings. The van der Waals surface area contributed by atoms with Crippen LogP contribution in [-0.2, 0) is 19.7 Å². The first-order valence-corrected chi connectivity index (χ1v) is 16.2. The number of allylic oxidation sites excluding steroid dienone is 3. The van der Waals surface area contributed by atoms with Crippen LogP contribution in [0.25, 0.3) is 0 Å². The monoisotopic (exact) mass is 594 g/mol. The van der Waals surface area contributed by atoms with Gasteiger partial charge in [0.05, 0.1) is 0 Å². The fourth-order valence-electron chi connectivity index (χ4n) is 3.26. The van der Waals surface area contributed by atoms with Gasteiger partial charge in [-0.15, -0.1) is 0 Å². The quantitative estimate of drug-likeness (QED) is 0.222. The van der Waals surface area contributed by atoms with Crippen molar-refractivity contribution in [3.8, 4) is 0 Å². The number of aryl methyl sites for hydroxylation is 1. The molecular formula is C27H27ClO4S2Se. The number of hydrogen-bond acceptors (Lipinski definition) is 4. The van der Waals surface area contributed by atoms with E-state index < -0.39 is 39.0 Å². The van der Waals surface area contributed by atoms with Gasteiger partial charge in [0.15, 0.2) is 0 Å². The van der Waals surface area contributed by atoms with Crippen LogP contribution < -0.4 is 4.46 Å². The maximum atomic E-state index is 13.8. The molecule has 3 aromatic carbocycles. The van der Waals surface area contributed by atoms with Crippen molar-refractivity contribution in [3.63, 3.8) is 0 Å². The summed E-state index contributed by atoms with van der Waals surface area (Å²) in [6.07, 6.45) is 3.07. The first-order chi connectivity index (χ1) is 16.7. The molecule has 0 heterocycles. The summed E-state index contributed by atoms with van der Waals surface area (Å²) in [4.78, 5) is 0.462. The number of halogens is 1. The SMILES string of the molecule is CCCC/C(=C(/C=C(\Cl)S(=O)(=O)c1ccccc1)[Se]c1ccccc1)S(=O)(=O)c1ccc(C)cc1. The summed E-state index contributed by atoms with van der Waals surface area (Å²) < 4.78 is 54.9. The van der Waals surface area contributed by atoms with E-state index in [0.29, 0.717) is 17.3 Å². The second kappa shape index (κ2) is 12.2. The molecule has 0 saturated heterocycles. The summed E-state index contributed by atoms with van der Waals surface area (Å²) in [5, 5.41) is 0. The van der Waals surface area contributed by atoms with Crippen molar-refractivity contribution in [2.24, 2.45) is 0 Å². The Bertz CT molecular complexity index is 1410. The molecular weight excluding hydrogens is 567 g/mol. The summed E-state index contributed by atoms with van der Waals surface area (Å²) >= 11 is 5.93. The predicted molar refractivity (Wildman–Crippen MR) is 144 cm³/mol. The zero-order valence-corrected chi connectivity index (χ0v) is 23.6. The van der Waals surface area contributed by atoms with E-state index >= 15 is 0 Å². The Morgan fingerprint density at radius 3 is 1.91 bits per heavy atom. The minimum absolute atomic E-state index is 0.0595. The minimum atomic E-state index is -3.99. The van der Waals surface area contributed by atoms with Gasteiger partial charge in [-0.2, -0.15) is 0 Å². The van der Waals surface area contributed by atoms with Gasteiger partial charge < -0.3 is 0 Å². The molecule has 3 aromatic rings. The zero-order chi connectivity index (χ0) is 25.5. The molecule has 184 valence electrons. The Balaban J connectivity index is 2.24. The Labute approximate surface area is 219 Å². The first-order valence-electron chi connectivity index (χ1n) is 11.1. The van der Waals surface area contributed by atoms with E-state index in [-0.39, 0.29) is 14.7 Å². The van der Waals surface area contributed by atoms with Crippen molar-refractivity contribution in [2.45, 2.75) is 42.9 Å². The van der Waals surface area contributed by atoms with E-state index in [1.54, 1.807) is 42.5 Å². The molecule has 0 radical (unpaired) electrons. The van der Waals surface area contributed by atoms with Gasteiger partial charge in [-0.05, 0) is 0 Å². The topological polar surface area (TPSA) is 68.3 Å². The Kier molecular flexibility index (Phi) is 9.56. The van der Waals surface area contributed by atoms with Crippen LogP contribution in [-0.4, -0.2) is 31.8 Å². The van der Waals surface area contributed by atoms with Gasteiger partial charge in [0.2, 0.25) is 0 Å². The second-order valence-corrected chi connectivity index (χ2v) is 14.7. The summed E-state index contributed by atoms with van der Waals surface area (Å²) in [5.74, 6) is 0. The molecule has 0 fully saturated rings. The summed E-state index contributed by atoms with van der Waals surface area (Å²) in [5.41, 5.74) is 0.952. The fourth-order valence-corrected chi connectivity index (χ4v) is 9.36. The van der Waals surface area contributed by atoms with Crippen LogP contribution in [0.4, 0.5) is 0 Å². The average Bonchev–Trinajstić information content (AvgIpc) is 2.85. The van der Waals surface area contributed by atoms with Crippen LogP contribution in [0.3, 0.4) is 0 Å². The van der Waals surface area contributed by atoms with Crippen molar-refractivity contribution < 1.29 is 16.8 Å². The molecule has 0 saturated carbocycles. The molecule has 0 aliphatic heterocycles. The Hall–Kier alpha value is -2.15. The molecule has 0 N–H and O–H groups in total. The molecule has 3 rings (SSSR count). The van der Waals surface area contributed by atoms with Crippen LogP contribution in [0.2, 0.25) is 0 Å². The van der Waals surface area contributed by atoms with E-state index in [0.717, 1.165) is 16.4 Å². The number of benzene rings is 3. The van der Waals surface area contributed by atoms with Crippen LogP contribution in [0.5, 0.6) is 0 Å². The summed E-state index contributed by atoms with van der Waals surface area (Å²) in [7, 11) is -7.86. The zero-order valence-electron chi connectivity index (χ0n) is 19.5. The molecule has 0 aromatic heterocycles. The third-order valence-corrected chi connectivity index (χ3v) is 12.0. The van der Waals surface area contributed by atoms with E-state index in [2.05, 4.69) is 0 Å². The molecule has 0 amide bonds. The predicted octanol–water partition coefficient (Wildman–Crippen LogP) is 5.75. The van der Waals surface area contributed by atoms with Gasteiger partial charge in [-0.3, -0.25) is 0 Å². The Morgan fingerprint density at radius 1 is 0.800 bits per heavy atom. The van der Waals surface area contributed by atoms with Crippen LogP contribution in [0.1, 0.15) is 31.7 Å². The Morgan fingerprint density at radius 2 is 1.34 bits per heavy atom. The normalized spacial score (nSPS) is 13.4. The number of unbranched alkanes of at least 4 members (excludes halogenated alkanes) is 1. The molecule has 0 atom stereocenters. The number of sulfone groups is 2. The van der Waals surface area contributed by atoms with Gasteiger partial charge in [0, 0.05) is 0 Å². The average molecular weight is 594 g/mol. The molecule has 0 bridgehead atoms. The van der Waals surface area contributed by atoms with Crippen molar-refractivity contribution in [2.75, 3.05) is 0 Å². The molecule has 0 spiro atoms.